The van der Waals surface area contributed by atoms with E-state index in [9.17, 15) is 9.59 Å². The second-order valence-electron chi connectivity index (χ2n) is 5.10. The molecule has 18 heavy (non-hydrogen) atoms. The van der Waals surface area contributed by atoms with Gasteiger partial charge >= 0.3 is 6.09 Å². The number of imide groups is 1. The first-order chi connectivity index (χ1) is 8.42. The number of ether oxygens (including phenoxy) is 1. The Morgan fingerprint density at radius 3 is 2.67 bits per heavy atom. The number of alkyl halides is 2. The quantitative estimate of drug-likeness (QED) is 0.593. The Labute approximate surface area is 117 Å². The van der Waals surface area contributed by atoms with Gasteiger partial charge in [-0.2, -0.15) is 0 Å². The number of unbranched alkanes of at least 4 members (excludes halogenated alkanes) is 1. The van der Waals surface area contributed by atoms with Gasteiger partial charge in [-0.05, 0) is 19.3 Å². The van der Waals surface area contributed by atoms with Crippen molar-refractivity contribution in [3.05, 3.63) is 0 Å². The lowest BCUT2D eigenvalue weighted by Gasteiger charge is -2.30. The van der Waals surface area contributed by atoms with E-state index in [-0.39, 0.29) is 17.7 Å². The number of hydrogen-bond acceptors (Lipinski definition) is 3. The Bertz CT molecular complexity index is 372. The summed E-state index contributed by atoms with van der Waals surface area (Å²) in [5.41, 5.74) is -0.312. The van der Waals surface area contributed by atoms with Gasteiger partial charge in [-0.1, -0.05) is 13.3 Å². The zero-order chi connectivity index (χ0) is 13.4. The highest BCUT2D eigenvalue weighted by molar-refractivity contribution is 6.51. The minimum Gasteiger partial charge on any atom is -0.449 e. The van der Waals surface area contributed by atoms with Crippen LogP contribution in [0.3, 0.4) is 0 Å². The minimum atomic E-state index is -0.791. The van der Waals surface area contributed by atoms with Crippen LogP contribution < -0.4 is 0 Å². The van der Waals surface area contributed by atoms with Crippen LogP contribution in [0.15, 0.2) is 0 Å². The second-order valence-corrected chi connectivity index (χ2v) is 6.59. The van der Waals surface area contributed by atoms with Crippen molar-refractivity contribution in [2.24, 2.45) is 5.41 Å². The van der Waals surface area contributed by atoms with Gasteiger partial charge in [-0.15, -0.1) is 23.2 Å². The fourth-order valence-corrected chi connectivity index (χ4v) is 3.18. The first-order valence-electron chi connectivity index (χ1n) is 6.27. The van der Waals surface area contributed by atoms with E-state index in [1.54, 1.807) is 0 Å². The van der Waals surface area contributed by atoms with Crippen molar-refractivity contribution in [3.8, 4) is 0 Å². The number of carbonyl (C=O) groups is 2. The number of amides is 2. The lowest BCUT2D eigenvalue weighted by atomic mass is 9.93. The Morgan fingerprint density at radius 2 is 2.17 bits per heavy atom. The van der Waals surface area contributed by atoms with Crippen molar-refractivity contribution in [3.63, 3.8) is 0 Å². The van der Waals surface area contributed by atoms with Crippen LogP contribution >= 0.6 is 23.2 Å². The van der Waals surface area contributed by atoms with Gasteiger partial charge in [-0.25, -0.2) is 9.69 Å². The van der Waals surface area contributed by atoms with Gasteiger partial charge in [0.05, 0.1) is 6.61 Å². The largest absolute Gasteiger partial charge is 0.449 e. The molecule has 0 aromatic carbocycles. The molecule has 0 N–H and O–H groups in total. The zero-order valence-electron chi connectivity index (χ0n) is 10.4. The normalized spacial score (nSPS) is 29.5. The van der Waals surface area contributed by atoms with Gasteiger partial charge in [0.15, 0.2) is 0 Å². The molecular weight excluding hydrogens is 277 g/mol. The molecule has 2 rings (SSSR count). The van der Waals surface area contributed by atoms with Crippen LogP contribution in [-0.2, 0) is 9.53 Å². The smallest absolute Gasteiger partial charge is 0.416 e. The summed E-state index contributed by atoms with van der Waals surface area (Å²) in [6.45, 7) is 2.72. The predicted molar refractivity (Wildman–Crippen MR) is 68.7 cm³/mol. The Hall–Kier alpha value is -0.480. The van der Waals surface area contributed by atoms with Gasteiger partial charge in [0, 0.05) is 18.4 Å². The van der Waals surface area contributed by atoms with Crippen molar-refractivity contribution in [1.82, 2.24) is 4.90 Å². The van der Waals surface area contributed by atoms with Crippen LogP contribution in [0.2, 0.25) is 0 Å². The van der Waals surface area contributed by atoms with Crippen molar-refractivity contribution in [1.29, 1.82) is 0 Å². The molecular formula is C12H17Cl2NO3. The third kappa shape index (κ3) is 2.45. The van der Waals surface area contributed by atoms with Crippen molar-refractivity contribution >= 4 is 35.2 Å². The van der Waals surface area contributed by atoms with Crippen LogP contribution in [0, 0.1) is 5.41 Å². The molecule has 1 atom stereocenters. The predicted octanol–water partition coefficient (Wildman–Crippen LogP) is 3.11. The fraction of sp³-hybridized carbons (Fsp3) is 0.833. The maximum Gasteiger partial charge on any atom is 0.416 e. The molecule has 1 saturated heterocycles. The Balaban J connectivity index is 1.86. The highest BCUT2D eigenvalue weighted by atomic mass is 35.5. The molecule has 0 aromatic heterocycles. The van der Waals surface area contributed by atoms with E-state index in [0.717, 1.165) is 12.8 Å². The van der Waals surface area contributed by atoms with Crippen molar-refractivity contribution in [2.75, 3.05) is 13.2 Å². The summed E-state index contributed by atoms with van der Waals surface area (Å²) < 4.78 is 4.24. The average Bonchev–Trinajstić information content (AvgIpc) is 2.79. The molecule has 2 amide bonds. The fourth-order valence-electron chi connectivity index (χ4n) is 2.34. The molecule has 1 saturated carbocycles. The van der Waals surface area contributed by atoms with E-state index < -0.39 is 10.4 Å². The summed E-state index contributed by atoms with van der Waals surface area (Å²) in [5.74, 6) is -0.231. The van der Waals surface area contributed by atoms with E-state index >= 15 is 0 Å². The first-order valence-corrected chi connectivity index (χ1v) is 7.02. The Kier molecular flexibility index (Phi) is 3.79. The number of carbonyl (C=O) groups excluding carboxylic acids is 2. The first kappa shape index (κ1) is 13.9. The molecule has 4 nitrogen and oxygen atoms in total. The molecule has 0 radical (unpaired) electrons. The van der Waals surface area contributed by atoms with Crippen LogP contribution in [-0.4, -0.2) is 34.4 Å². The summed E-state index contributed by atoms with van der Waals surface area (Å²) in [6, 6.07) is 0. The summed E-state index contributed by atoms with van der Waals surface area (Å²) in [7, 11) is 0. The van der Waals surface area contributed by atoms with Gasteiger partial charge in [0.1, 0.15) is 4.33 Å². The molecule has 1 heterocycles. The number of piperidine rings is 1. The number of likely N-dealkylation sites (tertiary alicyclic amines) is 1. The maximum atomic E-state index is 11.9. The SMILES string of the molecule is CCCCOC(=O)N1CCC2(CC1=O)CC2(Cl)Cl. The molecule has 0 aromatic rings. The summed E-state index contributed by atoms with van der Waals surface area (Å²) >= 11 is 12.1. The molecule has 2 aliphatic rings. The highest BCUT2D eigenvalue weighted by Gasteiger charge is 2.68. The van der Waals surface area contributed by atoms with Gasteiger partial charge in [0.25, 0.3) is 0 Å². The molecule has 1 aliphatic heterocycles. The maximum absolute atomic E-state index is 11.9. The molecule has 1 unspecified atom stereocenters. The third-order valence-corrected chi connectivity index (χ3v) is 4.83. The van der Waals surface area contributed by atoms with E-state index in [1.165, 1.54) is 4.90 Å². The van der Waals surface area contributed by atoms with Gasteiger partial charge in [-0.3, -0.25) is 4.79 Å². The van der Waals surface area contributed by atoms with Crippen LogP contribution in [0.4, 0.5) is 4.79 Å². The highest BCUT2D eigenvalue weighted by Crippen LogP contribution is 2.68. The number of rotatable bonds is 3. The second kappa shape index (κ2) is 4.89. The molecule has 1 aliphatic carbocycles. The van der Waals surface area contributed by atoms with Crippen molar-refractivity contribution < 1.29 is 14.3 Å². The monoisotopic (exact) mass is 293 g/mol. The molecule has 0 bridgehead atoms. The lowest BCUT2D eigenvalue weighted by Crippen LogP contribution is -2.44. The van der Waals surface area contributed by atoms with Crippen LogP contribution in [0.5, 0.6) is 0 Å². The molecule has 102 valence electrons. The third-order valence-electron chi connectivity index (χ3n) is 3.76. The topological polar surface area (TPSA) is 46.6 Å². The number of hydrogen-bond donors (Lipinski definition) is 0. The van der Waals surface area contributed by atoms with E-state index in [1.807, 2.05) is 6.92 Å². The molecule has 6 heteroatoms. The molecule has 1 spiro atoms. The van der Waals surface area contributed by atoms with Gasteiger partial charge in [0.2, 0.25) is 5.91 Å². The van der Waals surface area contributed by atoms with Gasteiger partial charge < -0.3 is 4.74 Å². The average molecular weight is 294 g/mol. The summed E-state index contributed by atoms with van der Waals surface area (Å²) in [5, 5.41) is 0. The van der Waals surface area contributed by atoms with E-state index in [0.29, 0.717) is 26.0 Å². The summed E-state index contributed by atoms with van der Waals surface area (Å²) in [4.78, 5) is 24.8. The molecule has 2 fully saturated rings. The standard InChI is InChI=1S/C12H17Cl2NO3/c1-2-3-6-18-10(17)15-5-4-11(7-9(15)16)8-12(11,13)14/h2-8H2,1H3. The summed E-state index contributed by atoms with van der Waals surface area (Å²) in [6.07, 6.45) is 2.75. The zero-order valence-corrected chi connectivity index (χ0v) is 11.9. The van der Waals surface area contributed by atoms with E-state index in [4.69, 9.17) is 27.9 Å². The van der Waals surface area contributed by atoms with Crippen LogP contribution in [0.1, 0.15) is 39.0 Å². The Morgan fingerprint density at radius 1 is 1.50 bits per heavy atom. The van der Waals surface area contributed by atoms with Crippen LogP contribution in [0.25, 0.3) is 0 Å². The number of halogens is 2. The number of nitrogens with zero attached hydrogens (tertiary/aromatic N) is 1. The van der Waals surface area contributed by atoms with Crippen molar-refractivity contribution in [2.45, 2.75) is 43.4 Å². The minimum absolute atomic E-state index is 0.231. The van der Waals surface area contributed by atoms with E-state index in [2.05, 4.69) is 0 Å². The lowest BCUT2D eigenvalue weighted by molar-refractivity contribution is -0.133.